The fourth-order valence-electron chi connectivity index (χ4n) is 1.35. The minimum Gasteiger partial charge on any atom is -0.126 e. The molecule has 0 N–H and O–H groups in total. The van der Waals surface area contributed by atoms with Gasteiger partial charge >= 0.3 is 0 Å². The summed E-state index contributed by atoms with van der Waals surface area (Å²) in [4.78, 5) is 0. The first-order chi connectivity index (χ1) is 5.79. The molecular formula is C11H13Cl. The lowest BCUT2D eigenvalue weighted by atomic mass is 10.00. The molecule has 0 fully saturated rings. The Kier molecular flexibility index (Phi) is 3.36. The molecule has 0 heterocycles. The van der Waals surface area contributed by atoms with Gasteiger partial charge < -0.3 is 0 Å². The van der Waals surface area contributed by atoms with Crippen molar-refractivity contribution in [3.8, 4) is 0 Å². The van der Waals surface area contributed by atoms with E-state index in [1.54, 1.807) is 0 Å². The second-order valence-corrected chi connectivity index (χ2v) is 3.16. The molecule has 0 bridgehead atoms. The van der Waals surface area contributed by atoms with E-state index in [9.17, 15) is 0 Å². The molecule has 0 saturated heterocycles. The summed E-state index contributed by atoms with van der Waals surface area (Å²) in [6.07, 6.45) is 2.81. The third-order valence-electron chi connectivity index (χ3n) is 2.01. The highest BCUT2D eigenvalue weighted by molar-refractivity contribution is 6.18. The highest BCUT2D eigenvalue weighted by atomic mass is 35.5. The number of rotatable bonds is 3. The van der Waals surface area contributed by atoms with Crippen LogP contribution in [0.15, 0.2) is 24.8 Å². The van der Waals surface area contributed by atoms with Crippen molar-refractivity contribution in [2.45, 2.75) is 13.3 Å². The van der Waals surface area contributed by atoms with Gasteiger partial charge in [-0.3, -0.25) is 0 Å². The van der Waals surface area contributed by atoms with Gasteiger partial charge in [0.1, 0.15) is 0 Å². The Morgan fingerprint density at radius 2 is 2.25 bits per heavy atom. The van der Waals surface area contributed by atoms with E-state index in [-0.39, 0.29) is 0 Å². The Bertz CT molecular complexity index is 276. The van der Waals surface area contributed by atoms with Crippen LogP contribution in [0.2, 0.25) is 0 Å². The van der Waals surface area contributed by atoms with Crippen LogP contribution in [-0.2, 0) is 6.42 Å². The van der Waals surface area contributed by atoms with Gasteiger partial charge in [0, 0.05) is 5.88 Å². The van der Waals surface area contributed by atoms with Crippen LogP contribution in [0.25, 0.3) is 6.08 Å². The molecule has 0 aromatic heterocycles. The molecule has 12 heavy (non-hydrogen) atoms. The topological polar surface area (TPSA) is 0 Å². The van der Waals surface area contributed by atoms with Crippen molar-refractivity contribution in [3.63, 3.8) is 0 Å². The average Bonchev–Trinajstić information content (AvgIpc) is 2.09. The van der Waals surface area contributed by atoms with Crippen molar-refractivity contribution in [3.05, 3.63) is 41.5 Å². The Morgan fingerprint density at radius 3 is 2.83 bits per heavy atom. The number of hydrogen-bond acceptors (Lipinski definition) is 0. The molecule has 0 aliphatic carbocycles. The molecule has 1 rings (SSSR count). The summed E-state index contributed by atoms with van der Waals surface area (Å²) in [6, 6.07) is 6.22. The van der Waals surface area contributed by atoms with Gasteiger partial charge in [0.05, 0.1) is 0 Å². The summed E-state index contributed by atoms with van der Waals surface area (Å²) in [5, 5.41) is 0. The Morgan fingerprint density at radius 1 is 1.50 bits per heavy atom. The smallest absolute Gasteiger partial charge is 0.0264 e. The fraction of sp³-hybridized carbons (Fsp3) is 0.273. The number of aryl methyl sites for hydroxylation is 1. The van der Waals surface area contributed by atoms with Gasteiger partial charge in [-0.25, -0.2) is 0 Å². The third-order valence-corrected chi connectivity index (χ3v) is 2.20. The second kappa shape index (κ2) is 4.32. The van der Waals surface area contributed by atoms with Crippen molar-refractivity contribution in [1.29, 1.82) is 0 Å². The summed E-state index contributed by atoms with van der Waals surface area (Å²) in [5.74, 6) is 0.672. The van der Waals surface area contributed by atoms with Crippen molar-refractivity contribution in [2.75, 3.05) is 5.88 Å². The summed E-state index contributed by atoms with van der Waals surface area (Å²) < 4.78 is 0. The van der Waals surface area contributed by atoms with Gasteiger partial charge in [-0.15, -0.1) is 11.6 Å². The first-order valence-corrected chi connectivity index (χ1v) is 4.60. The molecule has 0 aliphatic rings. The van der Waals surface area contributed by atoms with Crippen LogP contribution in [-0.4, -0.2) is 5.88 Å². The first kappa shape index (κ1) is 9.34. The summed E-state index contributed by atoms with van der Waals surface area (Å²) >= 11 is 5.70. The van der Waals surface area contributed by atoms with Crippen LogP contribution in [0, 0.1) is 6.92 Å². The number of hydrogen-bond donors (Lipinski definition) is 0. The summed E-state index contributed by atoms with van der Waals surface area (Å²) in [7, 11) is 0. The van der Waals surface area contributed by atoms with Gasteiger partial charge in [0.15, 0.2) is 0 Å². The van der Waals surface area contributed by atoms with Crippen LogP contribution < -0.4 is 0 Å². The molecule has 1 heteroatoms. The highest BCUT2D eigenvalue weighted by Gasteiger charge is 2.00. The zero-order chi connectivity index (χ0) is 8.97. The lowest BCUT2D eigenvalue weighted by Gasteiger charge is -2.07. The van der Waals surface area contributed by atoms with Gasteiger partial charge in [-0.1, -0.05) is 30.9 Å². The molecule has 64 valence electrons. The van der Waals surface area contributed by atoms with Crippen molar-refractivity contribution in [2.24, 2.45) is 0 Å². The number of alkyl halides is 1. The largest absolute Gasteiger partial charge is 0.126 e. The monoisotopic (exact) mass is 180 g/mol. The molecule has 0 saturated carbocycles. The standard InChI is InChI=1S/C11H13Cl/c1-3-10-6-4-5-9(2)11(10)7-8-12/h3-6H,1,7-8H2,2H3. The quantitative estimate of drug-likeness (QED) is 0.626. The van der Waals surface area contributed by atoms with Crippen LogP contribution in [0.1, 0.15) is 16.7 Å². The number of benzene rings is 1. The maximum absolute atomic E-state index is 5.70. The van der Waals surface area contributed by atoms with E-state index in [2.05, 4.69) is 25.6 Å². The van der Waals surface area contributed by atoms with E-state index < -0.39 is 0 Å². The molecule has 0 aliphatic heterocycles. The predicted octanol–water partition coefficient (Wildman–Crippen LogP) is 3.42. The van der Waals surface area contributed by atoms with Crippen molar-refractivity contribution >= 4 is 17.7 Å². The molecule has 1 aromatic rings. The predicted molar refractivity (Wildman–Crippen MR) is 55.7 cm³/mol. The Hall–Kier alpha value is -0.750. The minimum atomic E-state index is 0.672. The molecule has 0 amide bonds. The molecular weight excluding hydrogens is 168 g/mol. The zero-order valence-corrected chi connectivity index (χ0v) is 8.06. The van der Waals surface area contributed by atoms with E-state index in [0.29, 0.717) is 5.88 Å². The van der Waals surface area contributed by atoms with Gasteiger partial charge in [0.2, 0.25) is 0 Å². The lowest BCUT2D eigenvalue weighted by Crippen LogP contribution is -1.93. The Labute approximate surface area is 78.9 Å². The van der Waals surface area contributed by atoms with E-state index in [1.165, 1.54) is 16.7 Å². The zero-order valence-electron chi connectivity index (χ0n) is 7.31. The highest BCUT2D eigenvalue weighted by Crippen LogP contribution is 2.16. The molecule has 0 unspecified atom stereocenters. The van der Waals surface area contributed by atoms with Crippen LogP contribution in [0.3, 0.4) is 0 Å². The van der Waals surface area contributed by atoms with Crippen LogP contribution >= 0.6 is 11.6 Å². The number of halogens is 1. The summed E-state index contributed by atoms with van der Waals surface area (Å²) in [6.45, 7) is 5.88. The average molecular weight is 181 g/mol. The minimum absolute atomic E-state index is 0.672. The molecule has 1 aromatic carbocycles. The summed E-state index contributed by atoms with van der Waals surface area (Å²) in [5.41, 5.74) is 3.83. The van der Waals surface area contributed by atoms with Crippen LogP contribution in [0.4, 0.5) is 0 Å². The van der Waals surface area contributed by atoms with E-state index in [1.807, 2.05) is 12.1 Å². The second-order valence-electron chi connectivity index (χ2n) is 2.79. The van der Waals surface area contributed by atoms with Crippen LogP contribution in [0.5, 0.6) is 0 Å². The first-order valence-electron chi connectivity index (χ1n) is 4.06. The lowest BCUT2D eigenvalue weighted by molar-refractivity contribution is 1.11. The van der Waals surface area contributed by atoms with E-state index >= 15 is 0 Å². The Balaban J connectivity index is 3.10. The molecule has 0 atom stereocenters. The third kappa shape index (κ3) is 1.89. The SMILES string of the molecule is C=Cc1cccc(C)c1CCCl. The maximum Gasteiger partial charge on any atom is 0.0264 e. The van der Waals surface area contributed by atoms with E-state index in [0.717, 1.165) is 6.42 Å². The molecule has 0 nitrogen and oxygen atoms in total. The molecule has 0 spiro atoms. The van der Waals surface area contributed by atoms with Gasteiger partial charge in [-0.2, -0.15) is 0 Å². The van der Waals surface area contributed by atoms with Crippen molar-refractivity contribution < 1.29 is 0 Å². The maximum atomic E-state index is 5.70. The fourth-order valence-corrected chi connectivity index (χ4v) is 1.54. The molecule has 0 radical (unpaired) electrons. The van der Waals surface area contributed by atoms with Gasteiger partial charge in [0.25, 0.3) is 0 Å². The van der Waals surface area contributed by atoms with Gasteiger partial charge in [-0.05, 0) is 30.0 Å². The van der Waals surface area contributed by atoms with E-state index in [4.69, 9.17) is 11.6 Å². The normalized spacial score (nSPS) is 9.83. The van der Waals surface area contributed by atoms with Crippen molar-refractivity contribution in [1.82, 2.24) is 0 Å².